The van der Waals surface area contributed by atoms with Gasteiger partial charge in [-0.25, -0.2) is 0 Å². The number of aromatic hydroxyl groups is 2. The molecular weight excluding hydrogens is 352 g/mol. The van der Waals surface area contributed by atoms with Crippen molar-refractivity contribution in [1.82, 2.24) is 0 Å². The highest BCUT2D eigenvalue weighted by Gasteiger charge is 2.45. The van der Waals surface area contributed by atoms with Gasteiger partial charge in [-0.1, -0.05) is 12.1 Å². The van der Waals surface area contributed by atoms with Crippen molar-refractivity contribution in [1.29, 1.82) is 0 Å². The van der Waals surface area contributed by atoms with Crippen LogP contribution in [0.25, 0.3) is 0 Å². The van der Waals surface area contributed by atoms with Gasteiger partial charge in [0.05, 0.1) is 26.4 Å². The molecular formula is C20H24O7. The third kappa shape index (κ3) is 3.53. The first-order valence-corrected chi connectivity index (χ1v) is 8.65. The van der Waals surface area contributed by atoms with Crippen LogP contribution in [-0.4, -0.2) is 47.9 Å². The fraction of sp³-hybridized carbons (Fsp3) is 0.400. The summed E-state index contributed by atoms with van der Waals surface area (Å²) in [6.07, 6.45) is -0.988. The van der Waals surface area contributed by atoms with Crippen LogP contribution in [0.2, 0.25) is 0 Å². The number of hydrogen-bond donors (Lipinski definition) is 4. The van der Waals surface area contributed by atoms with E-state index in [1.165, 1.54) is 26.4 Å². The zero-order valence-corrected chi connectivity index (χ0v) is 15.2. The lowest BCUT2D eigenvalue weighted by Gasteiger charge is -2.21. The lowest BCUT2D eigenvalue weighted by atomic mass is 9.83. The Morgan fingerprint density at radius 1 is 0.778 bits per heavy atom. The molecule has 1 aliphatic heterocycles. The number of phenolic OH excluding ortho intramolecular Hbond substituents is 2. The SMILES string of the molecule is COc1cc([C@@H]2O[C@@H](c3ccc(O)c(OC)c3)[C@H](CO)[C@H]2CO)ccc1O. The largest absolute Gasteiger partial charge is 0.504 e. The number of aliphatic hydroxyl groups excluding tert-OH is 2. The van der Waals surface area contributed by atoms with E-state index in [1.54, 1.807) is 24.3 Å². The van der Waals surface area contributed by atoms with Crippen LogP contribution in [0.1, 0.15) is 23.3 Å². The summed E-state index contributed by atoms with van der Waals surface area (Å²) >= 11 is 0. The molecule has 1 heterocycles. The van der Waals surface area contributed by atoms with Crippen LogP contribution >= 0.6 is 0 Å². The molecule has 0 amide bonds. The highest BCUT2D eigenvalue weighted by atomic mass is 16.5. The minimum absolute atomic E-state index is 0.0123. The molecule has 0 unspecified atom stereocenters. The van der Waals surface area contributed by atoms with Gasteiger partial charge in [0.15, 0.2) is 23.0 Å². The van der Waals surface area contributed by atoms with Crippen molar-refractivity contribution in [2.45, 2.75) is 12.2 Å². The first-order valence-electron chi connectivity index (χ1n) is 8.65. The maximum atomic E-state index is 9.95. The normalized spacial score (nSPS) is 24.7. The second-order valence-corrected chi connectivity index (χ2v) is 6.53. The Morgan fingerprint density at radius 2 is 1.19 bits per heavy atom. The average molecular weight is 376 g/mol. The topological polar surface area (TPSA) is 109 Å². The molecule has 4 N–H and O–H groups in total. The highest BCUT2D eigenvalue weighted by Crippen LogP contribution is 2.50. The molecule has 0 radical (unpaired) electrons. The van der Waals surface area contributed by atoms with Gasteiger partial charge in [0.1, 0.15) is 0 Å². The maximum absolute atomic E-state index is 9.95. The molecule has 7 nitrogen and oxygen atoms in total. The Kier molecular flexibility index (Phi) is 5.74. The summed E-state index contributed by atoms with van der Waals surface area (Å²) in [5.41, 5.74) is 1.46. The van der Waals surface area contributed by atoms with Crippen LogP contribution in [0.3, 0.4) is 0 Å². The molecule has 146 valence electrons. The van der Waals surface area contributed by atoms with Crippen molar-refractivity contribution >= 4 is 0 Å². The fourth-order valence-corrected chi connectivity index (χ4v) is 3.66. The molecule has 7 heteroatoms. The van der Waals surface area contributed by atoms with Crippen LogP contribution < -0.4 is 9.47 Å². The third-order valence-corrected chi connectivity index (χ3v) is 5.11. The van der Waals surface area contributed by atoms with Crippen LogP contribution in [0.5, 0.6) is 23.0 Å². The van der Waals surface area contributed by atoms with Gasteiger partial charge in [-0.05, 0) is 35.4 Å². The van der Waals surface area contributed by atoms with E-state index in [0.29, 0.717) is 11.5 Å². The molecule has 0 bridgehead atoms. The molecule has 4 atom stereocenters. The Hall–Kier alpha value is -2.48. The van der Waals surface area contributed by atoms with Gasteiger partial charge < -0.3 is 34.6 Å². The average Bonchev–Trinajstić information content (AvgIpc) is 3.07. The van der Waals surface area contributed by atoms with Crippen LogP contribution in [-0.2, 0) is 4.74 Å². The van der Waals surface area contributed by atoms with E-state index >= 15 is 0 Å². The molecule has 3 rings (SSSR count). The van der Waals surface area contributed by atoms with Crippen molar-refractivity contribution in [3.63, 3.8) is 0 Å². The lowest BCUT2D eigenvalue weighted by Crippen LogP contribution is -2.23. The van der Waals surface area contributed by atoms with Gasteiger partial charge in [0.25, 0.3) is 0 Å². The molecule has 0 aliphatic carbocycles. The van der Waals surface area contributed by atoms with Crippen molar-refractivity contribution in [2.75, 3.05) is 27.4 Å². The monoisotopic (exact) mass is 376 g/mol. The van der Waals surface area contributed by atoms with E-state index in [-0.39, 0.29) is 36.5 Å². The lowest BCUT2D eigenvalue weighted by molar-refractivity contribution is 0.0183. The minimum atomic E-state index is -0.494. The van der Waals surface area contributed by atoms with Gasteiger partial charge in [0.2, 0.25) is 0 Å². The van der Waals surface area contributed by atoms with Crippen molar-refractivity contribution < 1.29 is 34.6 Å². The predicted octanol–water partition coefficient (Wildman–Crippen LogP) is 2.14. The number of ether oxygens (including phenoxy) is 3. The van der Waals surface area contributed by atoms with Gasteiger partial charge in [-0.15, -0.1) is 0 Å². The Balaban J connectivity index is 1.98. The Bertz CT molecular complexity index is 726. The molecule has 1 saturated heterocycles. The number of benzene rings is 2. The number of methoxy groups -OCH3 is 2. The summed E-state index contributed by atoms with van der Waals surface area (Å²) in [5, 5.41) is 39.5. The van der Waals surface area contributed by atoms with E-state index in [0.717, 1.165) is 11.1 Å². The van der Waals surface area contributed by atoms with E-state index in [4.69, 9.17) is 14.2 Å². The van der Waals surface area contributed by atoms with Gasteiger partial charge in [-0.3, -0.25) is 0 Å². The Labute approximate surface area is 157 Å². The zero-order valence-electron chi connectivity index (χ0n) is 15.2. The fourth-order valence-electron chi connectivity index (χ4n) is 3.66. The standard InChI is InChI=1S/C20H24O7/c1-25-17-7-11(3-5-15(17)23)19-13(9-21)14(10-22)20(27-19)12-4-6-16(24)18(8-12)26-2/h3-8,13-14,19-24H,9-10H2,1-2H3/t13-,14-,19+,20+/m1/s1. The summed E-state index contributed by atoms with van der Waals surface area (Å²) in [5.74, 6) is -0.0640. The molecule has 2 aromatic rings. The van der Waals surface area contributed by atoms with E-state index in [2.05, 4.69) is 0 Å². The Morgan fingerprint density at radius 3 is 1.52 bits per heavy atom. The van der Waals surface area contributed by atoms with Gasteiger partial charge in [-0.2, -0.15) is 0 Å². The second kappa shape index (κ2) is 8.04. The summed E-state index contributed by atoms with van der Waals surface area (Å²) < 4.78 is 16.5. The smallest absolute Gasteiger partial charge is 0.160 e. The van der Waals surface area contributed by atoms with Crippen LogP contribution in [0.15, 0.2) is 36.4 Å². The predicted molar refractivity (Wildman–Crippen MR) is 97.0 cm³/mol. The summed E-state index contributed by atoms with van der Waals surface area (Å²) in [6, 6.07) is 9.76. The van der Waals surface area contributed by atoms with Gasteiger partial charge in [0, 0.05) is 25.0 Å². The summed E-state index contributed by atoms with van der Waals surface area (Å²) in [7, 11) is 2.92. The maximum Gasteiger partial charge on any atom is 0.160 e. The minimum Gasteiger partial charge on any atom is -0.504 e. The third-order valence-electron chi connectivity index (χ3n) is 5.11. The number of phenols is 2. The molecule has 0 aromatic heterocycles. The van der Waals surface area contributed by atoms with Crippen molar-refractivity contribution in [2.24, 2.45) is 11.8 Å². The molecule has 0 saturated carbocycles. The van der Waals surface area contributed by atoms with Gasteiger partial charge >= 0.3 is 0 Å². The van der Waals surface area contributed by atoms with E-state index in [1.807, 2.05) is 0 Å². The van der Waals surface area contributed by atoms with E-state index in [9.17, 15) is 20.4 Å². The summed E-state index contributed by atoms with van der Waals surface area (Å²) in [6.45, 7) is -0.352. The van der Waals surface area contributed by atoms with Crippen molar-refractivity contribution in [3.05, 3.63) is 47.5 Å². The second-order valence-electron chi connectivity index (χ2n) is 6.53. The van der Waals surface area contributed by atoms with Crippen LogP contribution in [0, 0.1) is 11.8 Å². The van der Waals surface area contributed by atoms with E-state index < -0.39 is 12.2 Å². The van der Waals surface area contributed by atoms with Crippen LogP contribution in [0.4, 0.5) is 0 Å². The number of aliphatic hydroxyl groups is 2. The first-order chi connectivity index (χ1) is 13.0. The number of rotatable bonds is 6. The molecule has 1 fully saturated rings. The quantitative estimate of drug-likeness (QED) is 0.612. The number of hydrogen-bond acceptors (Lipinski definition) is 7. The highest BCUT2D eigenvalue weighted by molar-refractivity contribution is 5.44. The molecule has 27 heavy (non-hydrogen) atoms. The first kappa shape index (κ1) is 19.3. The molecule has 2 aromatic carbocycles. The summed E-state index contributed by atoms with van der Waals surface area (Å²) in [4.78, 5) is 0. The zero-order chi connectivity index (χ0) is 19.6. The van der Waals surface area contributed by atoms with Crippen molar-refractivity contribution in [3.8, 4) is 23.0 Å². The molecule has 1 aliphatic rings. The molecule has 0 spiro atoms.